The summed E-state index contributed by atoms with van der Waals surface area (Å²) in [4.78, 5) is 41.8. The predicted octanol–water partition coefficient (Wildman–Crippen LogP) is 2.94. The second-order valence-electron chi connectivity index (χ2n) is 8.67. The molecule has 1 saturated heterocycles. The lowest BCUT2D eigenvalue weighted by Crippen LogP contribution is -2.37. The van der Waals surface area contributed by atoms with Crippen molar-refractivity contribution in [1.29, 1.82) is 5.41 Å². The first-order valence-electron chi connectivity index (χ1n) is 11.5. The zero-order valence-electron chi connectivity index (χ0n) is 19.8. The number of nitrogens with one attached hydrogen (secondary N) is 1. The monoisotopic (exact) mass is 502 g/mol. The largest absolute Gasteiger partial charge is 0.491 e. The fraction of sp³-hybridized carbons (Fsp3) is 0.185. The molecule has 1 aliphatic heterocycles. The van der Waals surface area contributed by atoms with Crippen LogP contribution in [0.25, 0.3) is 11.1 Å². The van der Waals surface area contributed by atoms with Gasteiger partial charge < -0.3 is 25.3 Å². The second-order valence-corrected chi connectivity index (χ2v) is 8.67. The number of carboxylic acid groups (broad SMARTS) is 1. The van der Waals surface area contributed by atoms with E-state index in [1.54, 1.807) is 24.3 Å². The molecule has 2 atom stereocenters. The average molecular weight is 503 g/mol. The van der Waals surface area contributed by atoms with Crippen LogP contribution in [0.15, 0.2) is 72.8 Å². The molecular weight excluding hydrogens is 476 g/mol. The van der Waals surface area contributed by atoms with Crippen LogP contribution in [0.4, 0.5) is 5.69 Å². The van der Waals surface area contributed by atoms with E-state index in [2.05, 4.69) is 4.84 Å². The summed E-state index contributed by atoms with van der Waals surface area (Å²) in [6, 6.07) is 20.5. The number of amides is 1. The van der Waals surface area contributed by atoms with Crippen LogP contribution in [0.5, 0.6) is 5.75 Å². The van der Waals surface area contributed by atoms with Crippen LogP contribution in [0, 0.1) is 11.3 Å². The number of rotatable bonds is 9. The fourth-order valence-corrected chi connectivity index (χ4v) is 4.38. The Labute approximate surface area is 212 Å². The molecule has 0 bridgehead atoms. The number of benzene rings is 3. The van der Waals surface area contributed by atoms with Gasteiger partial charge in [0.2, 0.25) is 5.91 Å². The van der Waals surface area contributed by atoms with E-state index in [4.69, 9.17) is 21.8 Å². The molecule has 1 heterocycles. The zero-order chi connectivity index (χ0) is 26.5. The van der Waals surface area contributed by atoms with E-state index in [0.29, 0.717) is 23.4 Å². The number of hydrogen-bond acceptors (Lipinski definition) is 7. The molecule has 1 aliphatic rings. The van der Waals surface area contributed by atoms with Crippen LogP contribution in [0.1, 0.15) is 28.8 Å². The summed E-state index contributed by atoms with van der Waals surface area (Å²) < 4.78 is 5.99. The van der Waals surface area contributed by atoms with Crippen LogP contribution >= 0.6 is 0 Å². The topological polar surface area (TPSA) is 169 Å². The Morgan fingerprint density at radius 1 is 0.946 bits per heavy atom. The first-order valence-corrected chi connectivity index (χ1v) is 11.5. The number of amidine groups is 1. The predicted molar refractivity (Wildman–Crippen MR) is 136 cm³/mol. The van der Waals surface area contributed by atoms with Crippen LogP contribution in [-0.4, -0.2) is 41.4 Å². The first kappa shape index (κ1) is 25.4. The van der Waals surface area contributed by atoms with E-state index in [-0.39, 0.29) is 30.3 Å². The average Bonchev–Trinajstić information content (AvgIpc) is 3.21. The third kappa shape index (κ3) is 5.76. The Balaban J connectivity index is 1.48. The molecule has 3 aromatic carbocycles. The Bertz CT molecular complexity index is 1310. The summed E-state index contributed by atoms with van der Waals surface area (Å²) in [5.41, 5.74) is 8.82. The van der Waals surface area contributed by atoms with Crippen molar-refractivity contribution in [3.05, 3.63) is 83.9 Å². The Hall–Kier alpha value is -4.70. The van der Waals surface area contributed by atoms with Crippen LogP contribution < -0.4 is 21.3 Å². The van der Waals surface area contributed by atoms with Crippen molar-refractivity contribution in [3.63, 3.8) is 0 Å². The lowest BCUT2D eigenvalue weighted by atomic mass is 10.0. The van der Waals surface area contributed by atoms with Gasteiger partial charge in [0.05, 0.1) is 23.9 Å². The van der Waals surface area contributed by atoms with Gasteiger partial charge in [-0.2, -0.15) is 5.90 Å². The summed E-state index contributed by atoms with van der Waals surface area (Å²) in [6.07, 6.45) is 0.0405. The van der Waals surface area contributed by atoms with Gasteiger partial charge in [0, 0.05) is 11.3 Å². The number of nitrogen functional groups attached to an aromatic ring is 1. The standard InChI is InChI=1S/C27H26N4O6/c28-25(29)18-3-1-16(2-4-18)17-7-11-23(12-8-17)36-15-22-13-20(14-24(32)33)26(34)31(22)21-9-5-19(6-10-21)27(35)37-30/h1-12,20,22H,13-15,30H2,(H3,28,29)(H,32,33)/t20-,22-/m0/s1. The van der Waals surface area contributed by atoms with Gasteiger partial charge in [-0.25, -0.2) is 4.79 Å². The van der Waals surface area contributed by atoms with Gasteiger partial charge in [0.15, 0.2) is 0 Å². The van der Waals surface area contributed by atoms with E-state index < -0.39 is 23.9 Å². The van der Waals surface area contributed by atoms with Crippen LogP contribution in [-0.2, 0) is 14.4 Å². The first-order chi connectivity index (χ1) is 17.8. The van der Waals surface area contributed by atoms with E-state index in [1.165, 1.54) is 17.0 Å². The maximum absolute atomic E-state index is 13.1. The summed E-state index contributed by atoms with van der Waals surface area (Å²) in [6.45, 7) is 0.154. The molecule has 0 spiro atoms. The third-order valence-corrected chi connectivity index (χ3v) is 6.24. The number of hydrogen-bond donors (Lipinski definition) is 4. The summed E-state index contributed by atoms with van der Waals surface area (Å²) in [7, 11) is 0. The van der Waals surface area contributed by atoms with Gasteiger partial charge in [-0.05, 0) is 53.9 Å². The van der Waals surface area contributed by atoms with Gasteiger partial charge in [-0.15, -0.1) is 0 Å². The Morgan fingerprint density at radius 2 is 1.51 bits per heavy atom. The van der Waals surface area contributed by atoms with E-state index in [9.17, 15) is 19.5 Å². The van der Waals surface area contributed by atoms with Crippen LogP contribution in [0.3, 0.4) is 0 Å². The Kier molecular flexibility index (Phi) is 7.49. The summed E-state index contributed by atoms with van der Waals surface area (Å²) in [5, 5.41) is 16.7. The molecule has 0 radical (unpaired) electrons. The molecule has 190 valence electrons. The van der Waals surface area contributed by atoms with Crippen molar-refractivity contribution in [2.45, 2.75) is 18.9 Å². The number of ether oxygens (including phenoxy) is 1. The Morgan fingerprint density at radius 3 is 2.05 bits per heavy atom. The minimum Gasteiger partial charge on any atom is -0.491 e. The zero-order valence-corrected chi connectivity index (χ0v) is 19.8. The van der Waals surface area contributed by atoms with E-state index in [0.717, 1.165) is 11.1 Å². The summed E-state index contributed by atoms with van der Waals surface area (Å²) >= 11 is 0. The number of carboxylic acids is 1. The van der Waals surface area contributed by atoms with Gasteiger partial charge in [-0.3, -0.25) is 15.0 Å². The number of carbonyl (C=O) groups excluding carboxylic acids is 2. The molecule has 0 aliphatic carbocycles. The number of nitrogens with two attached hydrogens (primary N) is 2. The lowest BCUT2D eigenvalue weighted by molar-refractivity contribution is -0.140. The van der Waals surface area contributed by atoms with Gasteiger partial charge in [-0.1, -0.05) is 36.4 Å². The minimum absolute atomic E-state index is 0.00865. The van der Waals surface area contributed by atoms with Crippen LogP contribution in [0.2, 0.25) is 0 Å². The van der Waals surface area contributed by atoms with Crippen molar-refractivity contribution in [2.75, 3.05) is 11.5 Å². The lowest BCUT2D eigenvalue weighted by Gasteiger charge is -2.25. The maximum atomic E-state index is 13.1. The molecule has 3 aromatic rings. The maximum Gasteiger partial charge on any atom is 0.356 e. The highest BCUT2D eigenvalue weighted by Gasteiger charge is 2.41. The van der Waals surface area contributed by atoms with Gasteiger partial charge >= 0.3 is 11.9 Å². The molecule has 1 fully saturated rings. The molecule has 0 aromatic heterocycles. The highest BCUT2D eigenvalue weighted by Crippen LogP contribution is 2.33. The van der Waals surface area contributed by atoms with Crippen molar-refractivity contribution in [1.82, 2.24) is 0 Å². The normalized spacial score (nSPS) is 16.9. The molecule has 37 heavy (non-hydrogen) atoms. The number of carbonyl (C=O) groups is 3. The number of nitrogens with zero attached hydrogens (tertiary/aromatic N) is 1. The van der Waals surface area contributed by atoms with Crippen molar-refractivity contribution in [3.8, 4) is 16.9 Å². The van der Waals surface area contributed by atoms with Crippen molar-refractivity contribution >= 4 is 29.4 Å². The summed E-state index contributed by atoms with van der Waals surface area (Å²) in [5.74, 6) is 2.79. The SMILES string of the molecule is N=C(N)c1ccc(-c2ccc(OC[C@@H]3C[C@@H](CC(=O)O)C(=O)N3c3ccc(C(=O)ON)cc3)cc2)cc1. The molecule has 1 amide bonds. The highest BCUT2D eigenvalue weighted by molar-refractivity contribution is 6.00. The van der Waals surface area contributed by atoms with Crippen molar-refractivity contribution in [2.24, 2.45) is 17.5 Å². The molecule has 6 N–H and O–H groups in total. The smallest absolute Gasteiger partial charge is 0.356 e. The van der Waals surface area contributed by atoms with Gasteiger partial charge in [0.25, 0.3) is 0 Å². The molecular formula is C27H26N4O6. The van der Waals surface area contributed by atoms with Crippen molar-refractivity contribution < 1.29 is 29.1 Å². The molecule has 4 rings (SSSR count). The minimum atomic E-state index is -1.05. The number of aliphatic carboxylic acids is 1. The second kappa shape index (κ2) is 10.9. The van der Waals surface area contributed by atoms with Gasteiger partial charge in [0.1, 0.15) is 18.2 Å². The third-order valence-electron chi connectivity index (χ3n) is 6.24. The molecule has 0 unspecified atom stereocenters. The highest BCUT2D eigenvalue weighted by atomic mass is 16.7. The molecule has 10 heteroatoms. The van der Waals surface area contributed by atoms with E-state index in [1.807, 2.05) is 36.4 Å². The molecule has 10 nitrogen and oxygen atoms in total. The van der Waals surface area contributed by atoms with E-state index >= 15 is 0 Å². The molecule has 0 saturated carbocycles. The number of anilines is 1. The fourth-order valence-electron chi connectivity index (χ4n) is 4.38. The quantitative estimate of drug-likeness (QED) is 0.197.